The van der Waals surface area contributed by atoms with Crippen LogP contribution < -0.4 is 0 Å². The van der Waals surface area contributed by atoms with Gasteiger partial charge >= 0.3 is 5.97 Å². The zero-order chi connectivity index (χ0) is 8.27. The van der Waals surface area contributed by atoms with Crippen LogP contribution in [0.3, 0.4) is 0 Å². The van der Waals surface area contributed by atoms with Crippen LogP contribution in [0.2, 0.25) is 0 Å². The number of carbonyl (C=O) groups is 1. The Morgan fingerprint density at radius 2 is 2.55 bits per heavy atom. The molecule has 0 aromatic heterocycles. The van der Waals surface area contributed by atoms with E-state index in [0.29, 0.717) is 0 Å². The summed E-state index contributed by atoms with van der Waals surface area (Å²) in [7, 11) is 1.24. The molecule has 0 bridgehead atoms. The van der Waals surface area contributed by atoms with Crippen LogP contribution in [0.4, 0.5) is 0 Å². The molecule has 4 nitrogen and oxygen atoms in total. The Kier molecular flexibility index (Phi) is 2.28. The number of esters is 1. The van der Waals surface area contributed by atoms with E-state index in [2.05, 4.69) is 9.47 Å². The largest absolute Gasteiger partial charge is 0.468 e. The van der Waals surface area contributed by atoms with Crippen molar-refractivity contribution >= 4 is 5.97 Å². The summed E-state index contributed by atoms with van der Waals surface area (Å²) >= 11 is 0. The highest BCUT2D eigenvalue weighted by Gasteiger charge is 2.20. The van der Waals surface area contributed by atoms with Crippen LogP contribution >= 0.6 is 0 Å². The molecule has 11 heavy (non-hydrogen) atoms. The van der Waals surface area contributed by atoms with Crippen LogP contribution in [0.25, 0.3) is 0 Å². The first-order valence-electron chi connectivity index (χ1n) is 3.04. The molecule has 0 saturated heterocycles. The molecule has 1 aliphatic rings. The lowest BCUT2D eigenvalue weighted by atomic mass is 10.2. The van der Waals surface area contributed by atoms with Gasteiger partial charge in [-0.2, -0.15) is 0 Å². The molecule has 0 aliphatic carbocycles. The van der Waals surface area contributed by atoms with Crippen molar-refractivity contribution in [3.05, 3.63) is 24.0 Å². The first-order valence-corrected chi connectivity index (χ1v) is 3.04. The summed E-state index contributed by atoms with van der Waals surface area (Å²) in [5.41, 5.74) is 0.106. The number of carbonyl (C=O) groups excluding carboxylic acids is 1. The Hall–Kier alpha value is -1.29. The summed E-state index contributed by atoms with van der Waals surface area (Å²) in [6, 6.07) is 0. The van der Waals surface area contributed by atoms with Gasteiger partial charge in [0.05, 0.1) is 13.4 Å². The highest BCUT2D eigenvalue weighted by atomic mass is 16.6. The molecule has 1 heterocycles. The van der Waals surface area contributed by atoms with Crippen LogP contribution in [0.5, 0.6) is 0 Å². The maximum absolute atomic E-state index is 10.8. The van der Waals surface area contributed by atoms with Crippen molar-refractivity contribution in [3.8, 4) is 0 Å². The van der Waals surface area contributed by atoms with E-state index < -0.39 is 12.3 Å². The zero-order valence-electron chi connectivity index (χ0n) is 5.98. The number of allylic oxidation sites excluding steroid dienone is 2. The van der Waals surface area contributed by atoms with Gasteiger partial charge in [0.15, 0.2) is 0 Å². The number of methoxy groups -OCH3 is 1. The second-order valence-electron chi connectivity index (χ2n) is 1.93. The molecule has 0 amide bonds. The van der Waals surface area contributed by atoms with Crippen molar-refractivity contribution in [3.63, 3.8) is 0 Å². The molecule has 0 spiro atoms. The van der Waals surface area contributed by atoms with Gasteiger partial charge in [-0.25, -0.2) is 4.79 Å². The molecule has 0 aromatic rings. The van der Waals surface area contributed by atoms with Crippen molar-refractivity contribution in [1.82, 2.24) is 0 Å². The van der Waals surface area contributed by atoms with Gasteiger partial charge in [0.25, 0.3) is 0 Å². The van der Waals surface area contributed by atoms with Crippen LogP contribution in [0, 0.1) is 0 Å². The number of hydrogen-bond donors (Lipinski definition) is 1. The molecule has 4 heteroatoms. The fraction of sp³-hybridized carbons (Fsp3) is 0.286. The van der Waals surface area contributed by atoms with Crippen LogP contribution in [0.1, 0.15) is 0 Å². The van der Waals surface area contributed by atoms with E-state index in [-0.39, 0.29) is 5.57 Å². The van der Waals surface area contributed by atoms with Gasteiger partial charge in [-0.1, -0.05) is 0 Å². The molecule has 1 atom stereocenters. The molecule has 0 saturated carbocycles. The van der Waals surface area contributed by atoms with Gasteiger partial charge in [-0.05, 0) is 12.2 Å². The van der Waals surface area contributed by atoms with Crippen molar-refractivity contribution < 1.29 is 19.4 Å². The Labute approximate surface area is 63.7 Å². The number of rotatable bonds is 1. The first-order chi connectivity index (χ1) is 5.25. The monoisotopic (exact) mass is 156 g/mol. The number of hydrogen-bond acceptors (Lipinski definition) is 4. The second-order valence-corrected chi connectivity index (χ2v) is 1.93. The Morgan fingerprint density at radius 1 is 1.82 bits per heavy atom. The topological polar surface area (TPSA) is 55.8 Å². The number of ether oxygens (including phenoxy) is 2. The number of aliphatic hydroxyl groups is 1. The lowest BCUT2D eigenvalue weighted by Gasteiger charge is -2.14. The van der Waals surface area contributed by atoms with Gasteiger partial charge in [0.2, 0.25) is 6.29 Å². The van der Waals surface area contributed by atoms with E-state index in [1.807, 2.05) is 0 Å². The minimum absolute atomic E-state index is 0.106. The van der Waals surface area contributed by atoms with E-state index in [9.17, 15) is 4.79 Å². The summed E-state index contributed by atoms with van der Waals surface area (Å²) in [6.45, 7) is 0. The third-order valence-electron chi connectivity index (χ3n) is 1.25. The van der Waals surface area contributed by atoms with E-state index in [0.717, 1.165) is 0 Å². The van der Waals surface area contributed by atoms with Gasteiger partial charge in [0.1, 0.15) is 5.57 Å². The minimum atomic E-state index is -1.20. The molecular weight excluding hydrogens is 148 g/mol. The van der Waals surface area contributed by atoms with Crippen molar-refractivity contribution in [2.75, 3.05) is 7.11 Å². The van der Waals surface area contributed by atoms with Crippen LogP contribution in [-0.2, 0) is 14.3 Å². The lowest BCUT2D eigenvalue weighted by molar-refractivity contribution is -0.140. The quantitative estimate of drug-likeness (QED) is 0.541. The summed E-state index contributed by atoms with van der Waals surface area (Å²) in [5, 5.41) is 9.03. The first kappa shape index (κ1) is 7.81. The van der Waals surface area contributed by atoms with Crippen molar-refractivity contribution in [2.45, 2.75) is 6.29 Å². The van der Waals surface area contributed by atoms with Gasteiger partial charge in [-0.3, -0.25) is 0 Å². The standard InChI is InChI=1S/C7H8O4/c1-10-6(8)5-3-2-4-11-7(5)9/h2-4,7,9H,1H3. The summed E-state index contributed by atoms with van der Waals surface area (Å²) in [6.07, 6.45) is 3.06. The van der Waals surface area contributed by atoms with Crippen LogP contribution in [0.15, 0.2) is 24.0 Å². The van der Waals surface area contributed by atoms with E-state index in [1.54, 1.807) is 0 Å². The molecule has 0 fully saturated rings. The average Bonchev–Trinajstić information content (AvgIpc) is 2.04. The summed E-state index contributed by atoms with van der Waals surface area (Å²) in [4.78, 5) is 10.8. The minimum Gasteiger partial charge on any atom is -0.468 e. The van der Waals surface area contributed by atoms with E-state index in [4.69, 9.17) is 5.11 Å². The summed E-state index contributed by atoms with van der Waals surface area (Å²) < 4.78 is 9.00. The van der Waals surface area contributed by atoms with Crippen molar-refractivity contribution in [1.29, 1.82) is 0 Å². The van der Waals surface area contributed by atoms with Crippen molar-refractivity contribution in [2.24, 2.45) is 0 Å². The second kappa shape index (κ2) is 3.21. The Morgan fingerprint density at radius 3 is 3.09 bits per heavy atom. The SMILES string of the molecule is COC(=O)C1=CC=COC1O. The Balaban J connectivity index is 2.75. The highest BCUT2D eigenvalue weighted by molar-refractivity contribution is 5.89. The molecule has 1 N–H and O–H groups in total. The molecule has 1 rings (SSSR count). The highest BCUT2D eigenvalue weighted by Crippen LogP contribution is 2.10. The van der Waals surface area contributed by atoms with Crippen LogP contribution in [-0.4, -0.2) is 24.5 Å². The third kappa shape index (κ3) is 1.59. The fourth-order valence-electron chi connectivity index (χ4n) is 0.705. The predicted octanol–water partition coefficient (Wildman–Crippen LogP) is -0.0519. The molecule has 1 unspecified atom stereocenters. The number of aliphatic hydroxyl groups excluding tert-OH is 1. The third-order valence-corrected chi connectivity index (χ3v) is 1.25. The maximum atomic E-state index is 10.8. The molecule has 0 radical (unpaired) electrons. The molecule has 1 aliphatic heterocycles. The molecule has 60 valence electrons. The smallest absolute Gasteiger partial charge is 0.340 e. The normalized spacial score (nSPS) is 22.0. The van der Waals surface area contributed by atoms with Gasteiger partial charge < -0.3 is 14.6 Å². The Bertz CT molecular complexity index is 216. The summed E-state index contributed by atoms with van der Waals surface area (Å²) in [5.74, 6) is -0.582. The van der Waals surface area contributed by atoms with E-state index in [1.165, 1.54) is 25.5 Å². The van der Waals surface area contributed by atoms with Gasteiger partial charge in [0, 0.05) is 0 Å². The van der Waals surface area contributed by atoms with E-state index >= 15 is 0 Å². The zero-order valence-corrected chi connectivity index (χ0v) is 5.98. The molecule has 0 aromatic carbocycles. The maximum Gasteiger partial charge on any atom is 0.340 e. The van der Waals surface area contributed by atoms with Gasteiger partial charge in [-0.15, -0.1) is 0 Å². The molecular formula is C7H8O4. The average molecular weight is 156 g/mol. The fourth-order valence-corrected chi connectivity index (χ4v) is 0.705. The predicted molar refractivity (Wildman–Crippen MR) is 36.3 cm³/mol. The lowest BCUT2D eigenvalue weighted by Crippen LogP contribution is -2.21.